The minimum atomic E-state index is -3.91. The van der Waals surface area contributed by atoms with Gasteiger partial charge in [0.25, 0.3) is 0 Å². The number of benzene rings is 3. The molecule has 0 saturated carbocycles. The van der Waals surface area contributed by atoms with Crippen molar-refractivity contribution in [2.24, 2.45) is 0 Å². The number of nitrogens with zero attached hydrogens (tertiary/aromatic N) is 2. The summed E-state index contributed by atoms with van der Waals surface area (Å²) in [5.41, 5.74) is 2.52. The van der Waals surface area contributed by atoms with Crippen LogP contribution in [0.3, 0.4) is 0 Å². The summed E-state index contributed by atoms with van der Waals surface area (Å²) in [6.45, 7) is 1.52. The fraction of sp³-hybridized carbons (Fsp3) is 0.259. The van der Waals surface area contributed by atoms with Gasteiger partial charge in [-0.15, -0.1) is 0 Å². The maximum atomic E-state index is 13.6. The Morgan fingerprint density at radius 1 is 0.944 bits per heavy atom. The van der Waals surface area contributed by atoms with Gasteiger partial charge < -0.3 is 10.2 Å². The Kier molecular flexibility index (Phi) is 9.25. The van der Waals surface area contributed by atoms with Crippen molar-refractivity contribution in [3.8, 4) is 0 Å². The number of hydrogen-bond acceptors (Lipinski definition) is 4. The second-order valence-corrected chi connectivity index (χ2v) is 11.0. The van der Waals surface area contributed by atoms with Crippen LogP contribution in [0.15, 0.2) is 83.8 Å². The largest absolute Gasteiger partial charge is 0.357 e. The topological polar surface area (TPSA) is 86.8 Å². The molecule has 0 aromatic heterocycles. The standard InChI is InChI=1S/C27H30ClN3O4S/c1-20-12-14-24(15-13-20)36(34,35)30(3)19-26(32)31(18-22-10-7-11-23(28)16-22)25(27(33)29-2)17-21-8-5-4-6-9-21/h4-16,25H,17-19H2,1-3H3,(H,29,33)/t25-/m0/s1. The van der Waals surface area contributed by atoms with Gasteiger partial charge in [-0.25, -0.2) is 8.42 Å². The van der Waals surface area contributed by atoms with Crippen molar-refractivity contribution in [2.45, 2.75) is 30.8 Å². The van der Waals surface area contributed by atoms with Crippen molar-refractivity contribution in [2.75, 3.05) is 20.6 Å². The molecule has 36 heavy (non-hydrogen) atoms. The smallest absolute Gasteiger partial charge is 0.243 e. The molecule has 0 aliphatic carbocycles. The summed E-state index contributed by atoms with van der Waals surface area (Å²) in [4.78, 5) is 28.1. The van der Waals surface area contributed by atoms with Gasteiger partial charge in [-0.1, -0.05) is 71.8 Å². The van der Waals surface area contributed by atoms with Gasteiger partial charge in [0, 0.05) is 32.1 Å². The Labute approximate surface area is 217 Å². The van der Waals surface area contributed by atoms with Crippen molar-refractivity contribution >= 4 is 33.4 Å². The molecular formula is C27H30ClN3O4S. The van der Waals surface area contributed by atoms with Crippen LogP contribution in [0.2, 0.25) is 5.02 Å². The van der Waals surface area contributed by atoms with Crippen molar-refractivity contribution in [1.82, 2.24) is 14.5 Å². The van der Waals surface area contributed by atoms with Crippen LogP contribution in [0, 0.1) is 6.92 Å². The lowest BCUT2D eigenvalue weighted by atomic mass is 10.0. The second-order valence-electron chi connectivity index (χ2n) is 8.55. The average Bonchev–Trinajstić information content (AvgIpc) is 2.86. The molecule has 0 aliphatic heterocycles. The first kappa shape index (κ1) is 27.4. The molecule has 2 amide bonds. The summed E-state index contributed by atoms with van der Waals surface area (Å²) < 4.78 is 27.2. The molecular weight excluding hydrogens is 498 g/mol. The third-order valence-corrected chi connectivity index (χ3v) is 7.90. The maximum Gasteiger partial charge on any atom is 0.243 e. The number of sulfonamides is 1. The third kappa shape index (κ3) is 6.94. The van der Waals surface area contributed by atoms with Gasteiger partial charge in [-0.3, -0.25) is 9.59 Å². The Hall–Kier alpha value is -3.20. The highest BCUT2D eigenvalue weighted by Gasteiger charge is 2.32. The highest BCUT2D eigenvalue weighted by atomic mass is 35.5. The van der Waals surface area contributed by atoms with E-state index >= 15 is 0 Å². The number of likely N-dealkylation sites (N-methyl/N-ethyl adjacent to an activating group) is 2. The molecule has 0 unspecified atom stereocenters. The van der Waals surface area contributed by atoms with Crippen LogP contribution < -0.4 is 5.32 Å². The first-order valence-electron chi connectivity index (χ1n) is 11.4. The molecule has 3 aromatic rings. The summed E-state index contributed by atoms with van der Waals surface area (Å²) in [6, 6.07) is 21.9. The predicted octanol–water partition coefficient (Wildman–Crippen LogP) is 3.66. The van der Waals surface area contributed by atoms with Crippen LogP contribution in [0.1, 0.15) is 16.7 Å². The zero-order valence-corrected chi connectivity index (χ0v) is 22.1. The zero-order chi connectivity index (χ0) is 26.3. The van der Waals surface area contributed by atoms with E-state index in [0.29, 0.717) is 5.02 Å². The van der Waals surface area contributed by atoms with Crippen LogP contribution in [0.4, 0.5) is 0 Å². The summed E-state index contributed by atoms with van der Waals surface area (Å²) in [6.07, 6.45) is 0.265. The van der Waals surface area contributed by atoms with Gasteiger partial charge in [-0.05, 0) is 42.3 Å². The van der Waals surface area contributed by atoms with Crippen LogP contribution in [-0.4, -0.2) is 56.1 Å². The molecule has 3 aromatic carbocycles. The molecule has 1 N–H and O–H groups in total. The minimum Gasteiger partial charge on any atom is -0.357 e. The molecule has 7 nitrogen and oxygen atoms in total. The van der Waals surface area contributed by atoms with Gasteiger partial charge in [0.1, 0.15) is 6.04 Å². The molecule has 0 heterocycles. The number of hydrogen-bond donors (Lipinski definition) is 1. The molecule has 3 rings (SSSR count). The molecule has 0 saturated heterocycles. The lowest BCUT2D eigenvalue weighted by Gasteiger charge is -2.32. The number of amides is 2. The zero-order valence-electron chi connectivity index (χ0n) is 20.5. The molecule has 0 spiro atoms. The number of carbonyl (C=O) groups is 2. The molecule has 0 bridgehead atoms. The fourth-order valence-electron chi connectivity index (χ4n) is 3.81. The summed E-state index contributed by atoms with van der Waals surface area (Å²) in [5.74, 6) is -0.851. The van der Waals surface area contributed by atoms with Crippen molar-refractivity contribution in [3.05, 3.63) is 101 Å². The number of rotatable bonds is 10. The Balaban J connectivity index is 1.94. The van der Waals surface area contributed by atoms with E-state index in [4.69, 9.17) is 11.6 Å². The quantitative estimate of drug-likeness (QED) is 0.436. The second kappa shape index (κ2) is 12.2. The number of carbonyl (C=O) groups excluding carboxylic acids is 2. The van der Waals surface area contributed by atoms with Crippen LogP contribution in [-0.2, 0) is 32.6 Å². The number of aryl methyl sites for hydroxylation is 1. The SMILES string of the molecule is CNC(=O)[C@H](Cc1ccccc1)N(Cc1cccc(Cl)c1)C(=O)CN(C)S(=O)(=O)c1ccc(C)cc1. The molecule has 0 fully saturated rings. The number of halogens is 1. The van der Waals surface area contributed by atoms with E-state index in [1.165, 1.54) is 31.1 Å². The normalized spacial score (nSPS) is 12.2. The van der Waals surface area contributed by atoms with Gasteiger partial charge >= 0.3 is 0 Å². The van der Waals surface area contributed by atoms with Gasteiger partial charge in [0.15, 0.2) is 0 Å². The number of nitrogens with one attached hydrogen (secondary N) is 1. The van der Waals surface area contributed by atoms with Crippen molar-refractivity contribution in [3.63, 3.8) is 0 Å². The average molecular weight is 528 g/mol. The maximum absolute atomic E-state index is 13.6. The molecule has 9 heteroatoms. The Morgan fingerprint density at radius 2 is 1.58 bits per heavy atom. The summed E-state index contributed by atoms with van der Waals surface area (Å²) in [5, 5.41) is 3.14. The van der Waals surface area contributed by atoms with E-state index in [2.05, 4.69) is 5.32 Å². The molecule has 0 aliphatic rings. The molecule has 190 valence electrons. The van der Waals surface area contributed by atoms with Gasteiger partial charge in [-0.2, -0.15) is 4.31 Å². The highest BCUT2D eigenvalue weighted by Crippen LogP contribution is 2.19. The highest BCUT2D eigenvalue weighted by molar-refractivity contribution is 7.89. The van der Waals surface area contributed by atoms with E-state index in [-0.39, 0.29) is 23.8 Å². The molecule has 0 radical (unpaired) electrons. The minimum absolute atomic E-state index is 0.0860. The van der Waals surface area contributed by atoms with Gasteiger partial charge in [0.05, 0.1) is 11.4 Å². The van der Waals surface area contributed by atoms with E-state index in [1.807, 2.05) is 43.3 Å². The van der Waals surface area contributed by atoms with Gasteiger partial charge in [0.2, 0.25) is 21.8 Å². The fourth-order valence-corrected chi connectivity index (χ4v) is 5.14. The first-order chi connectivity index (χ1) is 17.1. The van der Waals surface area contributed by atoms with Crippen molar-refractivity contribution in [1.29, 1.82) is 0 Å². The lowest BCUT2D eigenvalue weighted by molar-refractivity contribution is -0.141. The lowest BCUT2D eigenvalue weighted by Crippen LogP contribution is -2.52. The Morgan fingerprint density at radius 3 is 2.19 bits per heavy atom. The monoisotopic (exact) mass is 527 g/mol. The van der Waals surface area contributed by atoms with E-state index < -0.39 is 28.5 Å². The van der Waals surface area contributed by atoms with E-state index in [9.17, 15) is 18.0 Å². The van der Waals surface area contributed by atoms with Crippen LogP contribution in [0.5, 0.6) is 0 Å². The molecule has 1 atom stereocenters. The van der Waals surface area contributed by atoms with Crippen LogP contribution >= 0.6 is 11.6 Å². The summed E-state index contributed by atoms with van der Waals surface area (Å²) in [7, 11) is -1.04. The van der Waals surface area contributed by atoms with E-state index in [0.717, 1.165) is 21.0 Å². The first-order valence-corrected chi connectivity index (χ1v) is 13.3. The van der Waals surface area contributed by atoms with E-state index in [1.54, 1.807) is 30.3 Å². The summed E-state index contributed by atoms with van der Waals surface area (Å²) >= 11 is 6.16. The van der Waals surface area contributed by atoms with Crippen molar-refractivity contribution < 1.29 is 18.0 Å². The predicted molar refractivity (Wildman–Crippen MR) is 141 cm³/mol. The third-order valence-electron chi connectivity index (χ3n) is 5.85. The Bertz CT molecular complexity index is 1300. The van der Waals surface area contributed by atoms with Crippen LogP contribution in [0.25, 0.3) is 0 Å².